The van der Waals surface area contributed by atoms with Crippen LogP contribution in [0.15, 0.2) is 13.2 Å². The van der Waals surface area contributed by atoms with E-state index in [-0.39, 0.29) is 11.2 Å². The van der Waals surface area contributed by atoms with Gasteiger partial charge in [0, 0.05) is 5.92 Å². The summed E-state index contributed by atoms with van der Waals surface area (Å²) >= 11 is 4.78. The van der Waals surface area contributed by atoms with Gasteiger partial charge in [0.05, 0.1) is 5.25 Å². The number of thioether (sulfide) groups is 2. The van der Waals surface area contributed by atoms with E-state index in [9.17, 15) is 0 Å². The molecule has 1 atom stereocenters. The van der Waals surface area contributed by atoms with Crippen molar-refractivity contribution >= 4 is 34.9 Å². The van der Waals surface area contributed by atoms with E-state index >= 15 is 0 Å². The summed E-state index contributed by atoms with van der Waals surface area (Å²) in [5.41, 5.74) is 0. The molecule has 0 saturated heterocycles. The van der Waals surface area contributed by atoms with Gasteiger partial charge in [0.2, 0.25) is 5.89 Å². The van der Waals surface area contributed by atoms with Gasteiger partial charge in [-0.15, -0.1) is 10.2 Å². The first-order chi connectivity index (χ1) is 8.60. The van der Waals surface area contributed by atoms with Crippen molar-refractivity contribution in [3.8, 4) is 0 Å². The maximum atomic E-state index is 5.26. The Morgan fingerprint density at radius 3 is 2.44 bits per heavy atom. The Kier molecular flexibility index (Phi) is 4.63. The van der Waals surface area contributed by atoms with Crippen molar-refractivity contribution < 1.29 is 4.52 Å². The van der Waals surface area contributed by atoms with Crippen molar-refractivity contribution in [2.45, 2.75) is 40.6 Å². The second-order valence-corrected chi connectivity index (χ2v) is 7.56. The maximum Gasteiger partial charge on any atom is 0.239 e. The van der Waals surface area contributed by atoms with Crippen molar-refractivity contribution in [3.63, 3.8) is 0 Å². The molecule has 0 spiro atoms. The SMILES string of the molecule is CSc1nnc(SC(C)c2nc(C(C)C)no2)s1. The zero-order chi connectivity index (χ0) is 13.1. The zero-order valence-electron chi connectivity index (χ0n) is 10.6. The molecule has 0 aliphatic heterocycles. The van der Waals surface area contributed by atoms with E-state index in [1.54, 1.807) is 34.9 Å². The lowest BCUT2D eigenvalue weighted by atomic mass is 10.2. The van der Waals surface area contributed by atoms with Crippen LogP contribution in [0.1, 0.15) is 43.7 Å². The number of aromatic nitrogens is 4. The summed E-state index contributed by atoms with van der Waals surface area (Å²) in [7, 11) is 0. The molecule has 0 aliphatic rings. The first-order valence-corrected chi connectivity index (χ1v) is 8.40. The average molecular weight is 302 g/mol. The van der Waals surface area contributed by atoms with Gasteiger partial charge in [-0.1, -0.05) is 53.9 Å². The minimum absolute atomic E-state index is 0.0904. The summed E-state index contributed by atoms with van der Waals surface area (Å²) in [6, 6.07) is 0. The van der Waals surface area contributed by atoms with Crippen LogP contribution >= 0.6 is 34.9 Å². The molecule has 0 saturated carbocycles. The summed E-state index contributed by atoms with van der Waals surface area (Å²) in [5.74, 6) is 1.67. The molecule has 0 aliphatic carbocycles. The van der Waals surface area contributed by atoms with Gasteiger partial charge in [-0.3, -0.25) is 0 Å². The molecule has 0 fully saturated rings. The Balaban J connectivity index is 2.04. The summed E-state index contributed by atoms with van der Waals surface area (Å²) in [5, 5.41) is 12.2. The van der Waals surface area contributed by atoms with E-state index < -0.39 is 0 Å². The van der Waals surface area contributed by atoms with E-state index in [0.717, 1.165) is 14.5 Å². The third-order valence-corrected chi connectivity index (χ3v) is 5.23. The van der Waals surface area contributed by atoms with Gasteiger partial charge < -0.3 is 4.52 Å². The average Bonchev–Trinajstić information content (AvgIpc) is 2.97. The van der Waals surface area contributed by atoms with Gasteiger partial charge in [-0.05, 0) is 13.2 Å². The molecule has 2 rings (SSSR count). The molecule has 2 heterocycles. The molecule has 0 amide bonds. The Bertz CT molecular complexity index is 511. The van der Waals surface area contributed by atoms with Gasteiger partial charge in [0.15, 0.2) is 14.5 Å². The van der Waals surface area contributed by atoms with Gasteiger partial charge in [-0.25, -0.2) is 0 Å². The van der Waals surface area contributed by atoms with Crippen molar-refractivity contribution in [1.29, 1.82) is 0 Å². The lowest BCUT2D eigenvalue weighted by Gasteiger charge is -2.01. The predicted molar refractivity (Wildman–Crippen MR) is 74.3 cm³/mol. The Morgan fingerprint density at radius 2 is 1.89 bits per heavy atom. The molecule has 98 valence electrons. The third kappa shape index (κ3) is 3.24. The van der Waals surface area contributed by atoms with Crippen molar-refractivity contribution in [2.24, 2.45) is 0 Å². The summed E-state index contributed by atoms with van der Waals surface area (Å²) < 4.78 is 7.16. The van der Waals surface area contributed by atoms with Crippen LogP contribution in [-0.4, -0.2) is 26.6 Å². The number of hydrogen-bond acceptors (Lipinski definition) is 8. The van der Waals surface area contributed by atoms with Crippen molar-refractivity contribution in [1.82, 2.24) is 20.3 Å². The van der Waals surface area contributed by atoms with Crippen molar-refractivity contribution in [2.75, 3.05) is 6.26 Å². The molecule has 18 heavy (non-hydrogen) atoms. The summed E-state index contributed by atoms with van der Waals surface area (Å²) in [6.45, 7) is 6.12. The van der Waals surface area contributed by atoms with Gasteiger partial charge >= 0.3 is 0 Å². The van der Waals surface area contributed by atoms with Crippen LogP contribution in [0.25, 0.3) is 0 Å². The quantitative estimate of drug-likeness (QED) is 0.781. The molecule has 5 nitrogen and oxygen atoms in total. The Morgan fingerprint density at radius 1 is 1.17 bits per heavy atom. The van der Waals surface area contributed by atoms with Gasteiger partial charge in [0.25, 0.3) is 0 Å². The number of rotatable bonds is 5. The van der Waals surface area contributed by atoms with Gasteiger partial charge in [0.1, 0.15) is 0 Å². The molecule has 2 aromatic heterocycles. The van der Waals surface area contributed by atoms with E-state index in [4.69, 9.17) is 4.52 Å². The highest BCUT2D eigenvalue weighted by atomic mass is 32.2. The highest BCUT2D eigenvalue weighted by molar-refractivity contribution is 8.03. The van der Waals surface area contributed by atoms with Crippen LogP contribution in [0, 0.1) is 0 Å². The number of hydrogen-bond donors (Lipinski definition) is 0. The van der Waals surface area contributed by atoms with Crippen LogP contribution in [0.4, 0.5) is 0 Å². The second kappa shape index (κ2) is 6.03. The fraction of sp³-hybridized carbons (Fsp3) is 0.600. The van der Waals surface area contributed by atoms with Crippen LogP contribution in [0.5, 0.6) is 0 Å². The molecular formula is C10H14N4OS3. The Labute approximate surface area is 118 Å². The highest BCUT2D eigenvalue weighted by Crippen LogP contribution is 2.37. The molecule has 0 aromatic carbocycles. The standard InChI is InChI=1S/C10H14N4OS3/c1-5(2)7-11-8(15-14-7)6(3)17-10-13-12-9(16-4)18-10/h5-6H,1-4H3. The third-order valence-electron chi connectivity index (χ3n) is 2.16. The van der Waals surface area contributed by atoms with Crippen LogP contribution in [0.2, 0.25) is 0 Å². The number of nitrogens with zero attached hydrogens (tertiary/aromatic N) is 4. The van der Waals surface area contributed by atoms with E-state index in [2.05, 4.69) is 20.3 Å². The molecule has 0 radical (unpaired) electrons. The lowest BCUT2D eigenvalue weighted by Crippen LogP contribution is -1.92. The smallest absolute Gasteiger partial charge is 0.239 e. The predicted octanol–water partition coefficient (Wildman–Crippen LogP) is 3.62. The zero-order valence-corrected chi connectivity index (χ0v) is 13.0. The first-order valence-electron chi connectivity index (χ1n) is 5.47. The molecule has 0 bridgehead atoms. The second-order valence-electron chi connectivity index (χ2n) is 3.94. The topological polar surface area (TPSA) is 64.7 Å². The van der Waals surface area contributed by atoms with E-state index in [1.165, 1.54) is 0 Å². The van der Waals surface area contributed by atoms with Crippen LogP contribution in [-0.2, 0) is 0 Å². The fourth-order valence-electron chi connectivity index (χ4n) is 1.18. The van der Waals surface area contributed by atoms with E-state index in [1.807, 2.05) is 27.0 Å². The monoisotopic (exact) mass is 302 g/mol. The minimum Gasteiger partial charge on any atom is -0.338 e. The van der Waals surface area contributed by atoms with Crippen LogP contribution in [0.3, 0.4) is 0 Å². The largest absolute Gasteiger partial charge is 0.338 e. The minimum atomic E-state index is 0.0904. The fourth-order valence-corrected chi connectivity index (χ4v) is 3.79. The van der Waals surface area contributed by atoms with E-state index in [0.29, 0.717) is 5.89 Å². The summed E-state index contributed by atoms with van der Waals surface area (Å²) in [4.78, 5) is 4.39. The Hall–Kier alpha value is -0.600. The molecule has 2 aromatic rings. The van der Waals surface area contributed by atoms with Crippen molar-refractivity contribution in [3.05, 3.63) is 11.7 Å². The summed E-state index contributed by atoms with van der Waals surface area (Å²) in [6.07, 6.45) is 1.99. The molecular weight excluding hydrogens is 288 g/mol. The van der Waals surface area contributed by atoms with Gasteiger partial charge in [-0.2, -0.15) is 4.98 Å². The molecule has 0 N–H and O–H groups in total. The highest BCUT2D eigenvalue weighted by Gasteiger charge is 2.18. The molecule has 8 heteroatoms. The lowest BCUT2D eigenvalue weighted by molar-refractivity contribution is 0.373. The maximum absolute atomic E-state index is 5.26. The normalized spacial score (nSPS) is 13.2. The molecule has 1 unspecified atom stereocenters. The van der Waals surface area contributed by atoms with Crippen LogP contribution < -0.4 is 0 Å². The first kappa shape index (κ1) is 13.8.